The average Bonchev–Trinajstić information content (AvgIpc) is 2.10. The zero-order valence-corrected chi connectivity index (χ0v) is 6.57. The molecular formula is C7H7NO2S. The highest BCUT2D eigenvalue weighted by atomic mass is 32.2. The third-order valence-electron chi connectivity index (χ3n) is 0.967. The van der Waals surface area contributed by atoms with Gasteiger partial charge in [0.15, 0.2) is 10.7 Å². The van der Waals surface area contributed by atoms with E-state index in [1.165, 1.54) is 0 Å². The smallest absolute Gasteiger partial charge is 0.168 e. The third kappa shape index (κ3) is 3.38. The lowest BCUT2D eigenvalue weighted by atomic mass is 10.4. The maximum absolute atomic E-state index is 10.2. The molecule has 0 saturated heterocycles. The van der Waals surface area contributed by atoms with Crippen LogP contribution in [0.15, 0.2) is 35.2 Å². The Balaban J connectivity index is 0.000000461. The second-order valence-electron chi connectivity index (χ2n) is 1.59. The summed E-state index contributed by atoms with van der Waals surface area (Å²) in [6.45, 7) is 3.50. The molecule has 4 heteroatoms. The van der Waals surface area contributed by atoms with E-state index in [2.05, 4.69) is 6.57 Å². The lowest BCUT2D eigenvalue weighted by Crippen LogP contribution is -1.75. The number of thiol groups is 1. The van der Waals surface area contributed by atoms with Crippen molar-refractivity contribution in [2.75, 3.05) is 0 Å². The number of hydrogen-bond donors (Lipinski definition) is 1. The molecule has 11 heavy (non-hydrogen) atoms. The zero-order valence-electron chi connectivity index (χ0n) is 5.68. The van der Waals surface area contributed by atoms with Crippen LogP contribution in [0.3, 0.4) is 0 Å². The number of rotatable bonds is 1. The van der Waals surface area contributed by atoms with Crippen LogP contribution in [0.25, 0.3) is 0 Å². The molecule has 0 aromatic heterocycles. The molecule has 0 aliphatic carbocycles. The van der Waals surface area contributed by atoms with E-state index in [1.807, 2.05) is 0 Å². The zero-order chi connectivity index (χ0) is 8.69. The van der Waals surface area contributed by atoms with Crippen LogP contribution in [-0.4, -0.2) is 8.42 Å². The van der Waals surface area contributed by atoms with Gasteiger partial charge in [0.2, 0.25) is 0 Å². The van der Waals surface area contributed by atoms with Crippen molar-refractivity contribution in [2.45, 2.75) is 4.90 Å². The molecule has 0 fully saturated rings. The monoisotopic (exact) mass is 169 g/mol. The van der Waals surface area contributed by atoms with Crippen molar-refractivity contribution in [3.8, 4) is 6.57 Å². The van der Waals surface area contributed by atoms with Crippen LogP contribution >= 0.6 is 0 Å². The molecule has 0 aliphatic heterocycles. The van der Waals surface area contributed by atoms with Gasteiger partial charge >= 0.3 is 0 Å². The minimum absolute atomic E-state index is 0.368. The van der Waals surface area contributed by atoms with Crippen molar-refractivity contribution in [3.05, 3.63) is 30.3 Å². The van der Waals surface area contributed by atoms with Gasteiger partial charge in [-0.2, -0.15) is 0 Å². The van der Waals surface area contributed by atoms with E-state index in [1.54, 1.807) is 30.3 Å². The van der Waals surface area contributed by atoms with E-state index in [4.69, 9.17) is 5.26 Å². The van der Waals surface area contributed by atoms with Crippen LogP contribution in [0, 0.1) is 11.8 Å². The van der Waals surface area contributed by atoms with Gasteiger partial charge in [-0.15, -0.1) is 0 Å². The molecule has 3 nitrogen and oxygen atoms in total. The van der Waals surface area contributed by atoms with E-state index in [0.29, 0.717) is 4.90 Å². The van der Waals surface area contributed by atoms with E-state index >= 15 is 0 Å². The Morgan fingerprint density at radius 2 is 1.55 bits per heavy atom. The van der Waals surface area contributed by atoms with Crippen molar-refractivity contribution >= 4 is 10.7 Å². The summed E-state index contributed by atoms with van der Waals surface area (Å²) in [4.78, 5) is 0.368. The predicted octanol–water partition coefficient (Wildman–Crippen LogP) is 0.797. The van der Waals surface area contributed by atoms with Gasteiger partial charge in [-0.1, -0.05) is 18.2 Å². The molecule has 1 rings (SSSR count). The standard InChI is InChI=1S/C6H6O2S.CHN/c7-9(8)6-4-2-1-3-5-6;1-2/h1-5,9H;1H. The summed E-state index contributed by atoms with van der Waals surface area (Å²) >= 11 is 0. The molecule has 0 amide bonds. The van der Waals surface area contributed by atoms with E-state index in [9.17, 15) is 8.42 Å². The highest BCUT2D eigenvalue weighted by Gasteiger charge is 1.87. The van der Waals surface area contributed by atoms with Crippen molar-refractivity contribution in [1.29, 1.82) is 5.26 Å². The van der Waals surface area contributed by atoms with Crippen molar-refractivity contribution in [2.24, 2.45) is 0 Å². The first-order valence-electron chi connectivity index (χ1n) is 2.76. The van der Waals surface area contributed by atoms with Crippen LogP contribution < -0.4 is 0 Å². The molecule has 1 aromatic carbocycles. The van der Waals surface area contributed by atoms with Gasteiger partial charge in [-0.3, -0.25) is 0 Å². The van der Waals surface area contributed by atoms with Gasteiger partial charge in [-0.25, -0.2) is 13.7 Å². The molecule has 0 aliphatic rings. The number of nitriles is 1. The Morgan fingerprint density at radius 1 is 1.09 bits per heavy atom. The van der Waals surface area contributed by atoms with Crippen LogP contribution in [0.5, 0.6) is 0 Å². The predicted molar refractivity (Wildman–Crippen MR) is 41.7 cm³/mol. The summed E-state index contributed by atoms with van der Waals surface area (Å²) in [5.41, 5.74) is 0. The molecular weight excluding hydrogens is 162 g/mol. The van der Waals surface area contributed by atoms with Gasteiger partial charge < -0.3 is 0 Å². The molecule has 0 radical (unpaired) electrons. The molecule has 0 spiro atoms. The quantitative estimate of drug-likeness (QED) is 0.632. The second-order valence-corrected chi connectivity index (χ2v) is 2.62. The number of nitrogens with zero attached hydrogens (tertiary/aromatic N) is 1. The average molecular weight is 169 g/mol. The fraction of sp³-hybridized carbons (Fsp3) is 0. The summed E-state index contributed by atoms with van der Waals surface area (Å²) in [5.74, 6) is 0. The third-order valence-corrected chi connectivity index (χ3v) is 1.69. The largest absolute Gasteiger partial charge is 0.227 e. The lowest BCUT2D eigenvalue weighted by Gasteiger charge is -1.83. The van der Waals surface area contributed by atoms with Gasteiger partial charge in [-0.05, 0) is 12.1 Å². The van der Waals surface area contributed by atoms with E-state index in [-0.39, 0.29) is 0 Å². The summed E-state index contributed by atoms with van der Waals surface area (Å²) in [5, 5.41) is 6.50. The van der Waals surface area contributed by atoms with Crippen molar-refractivity contribution in [1.82, 2.24) is 0 Å². The fourth-order valence-corrected chi connectivity index (χ4v) is 0.965. The summed E-state index contributed by atoms with van der Waals surface area (Å²) in [6, 6.07) is 8.29. The molecule has 1 aromatic rings. The Bertz CT molecular complexity index is 282. The Labute approximate surface area is 66.9 Å². The minimum atomic E-state index is -2.40. The van der Waals surface area contributed by atoms with E-state index < -0.39 is 10.7 Å². The van der Waals surface area contributed by atoms with Gasteiger partial charge in [0.25, 0.3) is 0 Å². The first kappa shape index (κ1) is 9.66. The number of benzene rings is 1. The first-order valence-corrected chi connectivity index (χ1v) is 3.94. The van der Waals surface area contributed by atoms with Crippen LogP contribution in [0.1, 0.15) is 0 Å². The van der Waals surface area contributed by atoms with Crippen LogP contribution in [0.2, 0.25) is 0 Å². The Hall–Kier alpha value is -1.34. The lowest BCUT2D eigenvalue weighted by molar-refractivity contribution is 0.614. The highest BCUT2D eigenvalue weighted by molar-refractivity contribution is 7.72. The fourth-order valence-electron chi connectivity index (χ4n) is 0.550. The SMILES string of the molecule is C#N.O=[SH](=O)c1ccccc1. The highest BCUT2D eigenvalue weighted by Crippen LogP contribution is 1.97. The Morgan fingerprint density at radius 3 is 1.82 bits per heavy atom. The molecule has 0 N–H and O–H groups in total. The summed E-state index contributed by atoms with van der Waals surface area (Å²) in [7, 11) is -2.40. The van der Waals surface area contributed by atoms with Gasteiger partial charge in [0, 0.05) is 6.57 Å². The first-order chi connectivity index (χ1) is 5.30. The topological polar surface area (TPSA) is 57.9 Å². The maximum atomic E-state index is 10.2. The molecule has 0 bridgehead atoms. The molecule has 0 heterocycles. The van der Waals surface area contributed by atoms with Gasteiger partial charge in [0.05, 0.1) is 4.90 Å². The van der Waals surface area contributed by atoms with Crippen LogP contribution in [0.4, 0.5) is 0 Å². The minimum Gasteiger partial charge on any atom is -0.227 e. The molecule has 0 atom stereocenters. The molecule has 0 unspecified atom stereocenters. The summed E-state index contributed by atoms with van der Waals surface area (Å²) < 4.78 is 20.5. The van der Waals surface area contributed by atoms with Crippen LogP contribution in [-0.2, 0) is 10.7 Å². The normalized spacial score (nSPS) is 8.27. The van der Waals surface area contributed by atoms with Gasteiger partial charge in [0.1, 0.15) is 0 Å². The van der Waals surface area contributed by atoms with Crippen molar-refractivity contribution in [3.63, 3.8) is 0 Å². The number of hydrogen-bond acceptors (Lipinski definition) is 3. The summed E-state index contributed by atoms with van der Waals surface area (Å²) in [6.07, 6.45) is 0. The maximum Gasteiger partial charge on any atom is 0.168 e. The van der Waals surface area contributed by atoms with E-state index in [0.717, 1.165) is 0 Å². The molecule has 58 valence electrons. The Kier molecular flexibility index (Phi) is 4.78. The molecule has 0 saturated carbocycles. The van der Waals surface area contributed by atoms with Crippen molar-refractivity contribution < 1.29 is 8.42 Å². The second kappa shape index (κ2) is 5.45.